The minimum absolute atomic E-state index is 0.0496. The normalized spacial score (nSPS) is 12.6. The highest BCUT2D eigenvalue weighted by molar-refractivity contribution is 6.23. The number of hydrogen-bond donors (Lipinski definition) is 0. The first kappa shape index (κ1) is 17.2. The van der Waals surface area contributed by atoms with E-state index in [-0.39, 0.29) is 24.2 Å². The molecule has 5 heteroatoms. The van der Waals surface area contributed by atoms with Gasteiger partial charge in [-0.05, 0) is 37.9 Å². The molecular weight excluding hydrogens is 342 g/mol. The molecule has 0 spiro atoms. The van der Waals surface area contributed by atoms with E-state index >= 15 is 0 Å². The molecule has 0 radical (unpaired) electrons. The summed E-state index contributed by atoms with van der Waals surface area (Å²) in [5.74, 6) is -0.419. The van der Waals surface area contributed by atoms with Crippen LogP contribution in [0.4, 0.5) is 0 Å². The molecule has 4 aromatic carbocycles. The van der Waals surface area contributed by atoms with Gasteiger partial charge in [0.25, 0.3) is 0 Å². The Balaban J connectivity index is 1.79. The maximum Gasteiger partial charge on any atom is 0.305 e. The van der Waals surface area contributed by atoms with Crippen LogP contribution in [0.5, 0.6) is 0 Å². The molecule has 27 heavy (non-hydrogen) atoms. The third-order valence-electron chi connectivity index (χ3n) is 5.28. The summed E-state index contributed by atoms with van der Waals surface area (Å²) in [6.07, 6.45) is 0.508. The third-order valence-corrected chi connectivity index (χ3v) is 5.28. The average Bonchev–Trinajstić information content (AvgIpc) is 2.69. The van der Waals surface area contributed by atoms with Gasteiger partial charge in [0.2, 0.25) is 6.04 Å². The number of nitro groups is 1. The molecule has 4 rings (SSSR count). The number of ether oxygens (including phenoxy) is 1. The molecule has 1 unspecified atom stereocenters. The molecule has 4 aromatic rings. The van der Waals surface area contributed by atoms with E-state index in [1.807, 2.05) is 18.2 Å². The zero-order valence-electron chi connectivity index (χ0n) is 15.0. The van der Waals surface area contributed by atoms with Crippen LogP contribution in [0, 0.1) is 10.1 Å². The highest BCUT2D eigenvalue weighted by Gasteiger charge is 2.23. The summed E-state index contributed by atoms with van der Waals surface area (Å²) >= 11 is 0. The van der Waals surface area contributed by atoms with Gasteiger partial charge in [-0.15, -0.1) is 0 Å². The van der Waals surface area contributed by atoms with E-state index in [0.29, 0.717) is 0 Å². The van der Waals surface area contributed by atoms with E-state index in [1.165, 1.54) is 23.3 Å². The first-order valence-corrected chi connectivity index (χ1v) is 8.94. The molecule has 0 N–H and O–H groups in total. The van der Waals surface area contributed by atoms with Crippen LogP contribution in [0.1, 0.15) is 18.4 Å². The molecule has 0 amide bonds. The Kier molecular flexibility index (Phi) is 4.36. The second-order valence-electron chi connectivity index (χ2n) is 6.84. The Morgan fingerprint density at radius 1 is 1.00 bits per heavy atom. The zero-order valence-corrected chi connectivity index (χ0v) is 15.0. The summed E-state index contributed by atoms with van der Waals surface area (Å²) in [6, 6.07) is 17.7. The van der Waals surface area contributed by atoms with Gasteiger partial charge in [-0.2, -0.15) is 0 Å². The lowest BCUT2D eigenvalue weighted by atomic mass is 9.90. The topological polar surface area (TPSA) is 69.4 Å². The number of benzene rings is 4. The van der Waals surface area contributed by atoms with Gasteiger partial charge in [-0.25, -0.2) is 0 Å². The van der Waals surface area contributed by atoms with E-state index in [2.05, 4.69) is 41.1 Å². The fraction of sp³-hybridized carbons (Fsp3) is 0.227. The van der Waals surface area contributed by atoms with Crippen molar-refractivity contribution in [3.05, 3.63) is 70.3 Å². The summed E-state index contributed by atoms with van der Waals surface area (Å²) in [7, 11) is 1.30. The van der Waals surface area contributed by atoms with E-state index in [4.69, 9.17) is 0 Å². The molecule has 0 heterocycles. The molecule has 0 aliphatic rings. The van der Waals surface area contributed by atoms with Crippen LogP contribution < -0.4 is 0 Å². The van der Waals surface area contributed by atoms with Gasteiger partial charge in [0.05, 0.1) is 13.5 Å². The quantitative estimate of drug-likeness (QED) is 0.216. The number of hydrogen-bond acceptors (Lipinski definition) is 4. The standard InChI is InChI=1S/C22H19NO4/c1-27-20(24)12-10-18(23(25)26)13-17-8-7-16-6-5-14-3-2-4-15-9-11-19(17)22(16)21(14)15/h2-9,11,18H,10,12-13H2,1H3. The van der Waals surface area contributed by atoms with Crippen molar-refractivity contribution in [2.24, 2.45) is 0 Å². The van der Waals surface area contributed by atoms with Crippen molar-refractivity contribution in [2.75, 3.05) is 7.11 Å². The summed E-state index contributed by atoms with van der Waals surface area (Å²) in [6.45, 7) is 0. The van der Waals surface area contributed by atoms with Gasteiger partial charge < -0.3 is 4.74 Å². The molecule has 0 bridgehead atoms. The van der Waals surface area contributed by atoms with Crippen LogP contribution in [-0.4, -0.2) is 24.0 Å². The SMILES string of the molecule is COC(=O)CCC(Cc1ccc2ccc3cccc4ccc1c2c34)[N+](=O)[O-]. The molecule has 0 aromatic heterocycles. The first-order valence-electron chi connectivity index (χ1n) is 8.94. The molecule has 0 saturated heterocycles. The predicted octanol–water partition coefficient (Wildman–Crippen LogP) is 4.73. The van der Waals surface area contributed by atoms with Crippen LogP contribution >= 0.6 is 0 Å². The van der Waals surface area contributed by atoms with Crippen molar-refractivity contribution in [3.8, 4) is 0 Å². The van der Waals surface area contributed by atoms with E-state index in [0.717, 1.165) is 21.7 Å². The number of esters is 1. The second-order valence-corrected chi connectivity index (χ2v) is 6.84. The fourth-order valence-corrected chi connectivity index (χ4v) is 3.90. The Hall–Kier alpha value is -3.21. The maximum absolute atomic E-state index is 11.5. The summed E-state index contributed by atoms with van der Waals surface area (Å²) in [4.78, 5) is 22.6. The lowest BCUT2D eigenvalue weighted by molar-refractivity contribution is -0.522. The van der Waals surface area contributed by atoms with Gasteiger partial charge in [-0.3, -0.25) is 14.9 Å². The Bertz CT molecular complexity index is 1140. The van der Waals surface area contributed by atoms with Crippen molar-refractivity contribution in [1.29, 1.82) is 0 Å². The molecule has 136 valence electrons. The van der Waals surface area contributed by atoms with Crippen LogP contribution in [-0.2, 0) is 16.0 Å². The van der Waals surface area contributed by atoms with E-state index in [1.54, 1.807) is 0 Å². The number of carbonyl (C=O) groups excluding carboxylic acids is 1. The fourth-order valence-electron chi connectivity index (χ4n) is 3.90. The molecule has 0 saturated carbocycles. The predicted molar refractivity (Wildman–Crippen MR) is 106 cm³/mol. The molecule has 5 nitrogen and oxygen atoms in total. The van der Waals surface area contributed by atoms with Crippen LogP contribution in [0.2, 0.25) is 0 Å². The van der Waals surface area contributed by atoms with Gasteiger partial charge >= 0.3 is 5.97 Å². The molecular formula is C22H19NO4. The van der Waals surface area contributed by atoms with Crippen LogP contribution in [0.3, 0.4) is 0 Å². The van der Waals surface area contributed by atoms with Crippen molar-refractivity contribution < 1.29 is 14.5 Å². The van der Waals surface area contributed by atoms with Crippen LogP contribution in [0.15, 0.2) is 54.6 Å². The van der Waals surface area contributed by atoms with Crippen molar-refractivity contribution in [2.45, 2.75) is 25.3 Å². The Morgan fingerprint density at radius 3 is 2.30 bits per heavy atom. The molecule has 0 aliphatic heterocycles. The summed E-state index contributed by atoms with van der Waals surface area (Å²) in [5, 5.41) is 18.4. The summed E-state index contributed by atoms with van der Waals surface area (Å²) < 4.78 is 4.62. The highest BCUT2D eigenvalue weighted by atomic mass is 16.6. The highest BCUT2D eigenvalue weighted by Crippen LogP contribution is 2.36. The molecule has 0 aliphatic carbocycles. The van der Waals surface area contributed by atoms with Crippen molar-refractivity contribution >= 4 is 38.3 Å². The average molecular weight is 361 g/mol. The first-order chi connectivity index (χ1) is 13.1. The van der Waals surface area contributed by atoms with E-state index < -0.39 is 12.0 Å². The van der Waals surface area contributed by atoms with Crippen molar-refractivity contribution in [3.63, 3.8) is 0 Å². The maximum atomic E-state index is 11.5. The largest absolute Gasteiger partial charge is 0.469 e. The van der Waals surface area contributed by atoms with E-state index in [9.17, 15) is 14.9 Å². The zero-order chi connectivity index (χ0) is 19.0. The monoisotopic (exact) mass is 361 g/mol. The number of carbonyl (C=O) groups is 1. The van der Waals surface area contributed by atoms with Gasteiger partial charge in [-0.1, -0.05) is 54.6 Å². The molecule has 1 atom stereocenters. The Labute approximate surface area is 156 Å². The number of rotatable bonds is 6. The molecule has 0 fully saturated rings. The third kappa shape index (κ3) is 3.05. The lowest BCUT2D eigenvalue weighted by Gasteiger charge is -2.15. The summed E-state index contributed by atoms with van der Waals surface area (Å²) in [5.41, 5.74) is 0.937. The minimum Gasteiger partial charge on any atom is -0.469 e. The van der Waals surface area contributed by atoms with Gasteiger partial charge in [0.1, 0.15) is 0 Å². The minimum atomic E-state index is -0.817. The van der Waals surface area contributed by atoms with Gasteiger partial charge in [0, 0.05) is 17.8 Å². The van der Waals surface area contributed by atoms with Crippen molar-refractivity contribution in [1.82, 2.24) is 0 Å². The Morgan fingerprint density at radius 2 is 1.63 bits per heavy atom. The smallest absolute Gasteiger partial charge is 0.305 e. The second kappa shape index (κ2) is 6.83. The number of methoxy groups -OCH3 is 1. The van der Waals surface area contributed by atoms with Gasteiger partial charge in [0.15, 0.2) is 0 Å². The lowest BCUT2D eigenvalue weighted by Crippen LogP contribution is -2.23. The number of nitrogens with zero attached hydrogens (tertiary/aromatic N) is 1. The van der Waals surface area contributed by atoms with Crippen LogP contribution in [0.25, 0.3) is 32.3 Å².